The van der Waals surface area contributed by atoms with Crippen LogP contribution >= 0.6 is 15.9 Å². The zero-order valence-corrected chi connectivity index (χ0v) is 8.38. The fourth-order valence-electron chi connectivity index (χ4n) is 0.887. The number of hydrogen-bond acceptors (Lipinski definition) is 3. The van der Waals surface area contributed by atoms with Crippen molar-refractivity contribution in [3.8, 4) is 17.2 Å². The van der Waals surface area contributed by atoms with E-state index in [1.807, 2.05) is 0 Å². The van der Waals surface area contributed by atoms with Gasteiger partial charge in [-0.3, -0.25) is 0 Å². The van der Waals surface area contributed by atoms with E-state index in [4.69, 9.17) is 9.47 Å². The van der Waals surface area contributed by atoms with Crippen molar-refractivity contribution in [2.45, 2.75) is 0 Å². The van der Waals surface area contributed by atoms with Gasteiger partial charge in [0.25, 0.3) is 0 Å². The largest absolute Gasteiger partial charge is 0.502 e. The Balaban J connectivity index is 3.24. The lowest BCUT2D eigenvalue weighted by molar-refractivity contribution is 0.338. The van der Waals surface area contributed by atoms with Crippen molar-refractivity contribution in [2.24, 2.45) is 0 Å². The molecule has 0 unspecified atom stereocenters. The number of halogens is 1. The molecule has 0 aromatic heterocycles. The first-order valence-electron chi connectivity index (χ1n) is 3.30. The molecule has 0 aliphatic rings. The topological polar surface area (TPSA) is 38.7 Å². The van der Waals surface area contributed by atoms with Crippen molar-refractivity contribution in [1.29, 1.82) is 0 Å². The van der Waals surface area contributed by atoms with Crippen LogP contribution in [-0.2, 0) is 0 Å². The van der Waals surface area contributed by atoms with E-state index in [9.17, 15) is 5.11 Å². The Bertz CT molecular complexity index is 286. The zero-order valence-electron chi connectivity index (χ0n) is 6.80. The summed E-state index contributed by atoms with van der Waals surface area (Å²) in [6, 6.07) is 3.40. The number of rotatable bonds is 2. The van der Waals surface area contributed by atoms with Crippen LogP contribution in [0.25, 0.3) is 0 Å². The molecule has 4 heteroatoms. The van der Waals surface area contributed by atoms with Crippen molar-refractivity contribution >= 4 is 15.9 Å². The van der Waals surface area contributed by atoms with Crippen LogP contribution in [-0.4, -0.2) is 19.3 Å². The molecule has 0 aliphatic heterocycles. The van der Waals surface area contributed by atoms with Crippen LogP contribution in [0, 0.1) is 0 Å². The second-order valence-corrected chi connectivity index (χ2v) is 2.99. The van der Waals surface area contributed by atoms with Gasteiger partial charge in [0, 0.05) is 0 Å². The van der Waals surface area contributed by atoms with Crippen molar-refractivity contribution in [2.75, 3.05) is 14.2 Å². The molecule has 0 heterocycles. The molecule has 0 radical (unpaired) electrons. The normalized spacial score (nSPS) is 9.58. The first-order valence-corrected chi connectivity index (χ1v) is 4.09. The molecule has 1 aromatic rings. The highest BCUT2D eigenvalue weighted by Crippen LogP contribution is 2.40. The molecule has 0 saturated carbocycles. The van der Waals surface area contributed by atoms with Crippen molar-refractivity contribution in [3.63, 3.8) is 0 Å². The van der Waals surface area contributed by atoms with Crippen molar-refractivity contribution in [1.82, 2.24) is 0 Å². The lowest BCUT2D eigenvalue weighted by atomic mass is 10.3. The first-order chi connectivity index (χ1) is 5.70. The smallest absolute Gasteiger partial charge is 0.201 e. The number of hydrogen-bond donors (Lipinski definition) is 1. The molecular formula is C8H9BrO3. The third-order valence-electron chi connectivity index (χ3n) is 1.47. The van der Waals surface area contributed by atoms with Crippen LogP contribution in [0.2, 0.25) is 0 Å². The van der Waals surface area contributed by atoms with Crippen molar-refractivity contribution in [3.05, 3.63) is 16.6 Å². The molecule has 12 heavy (non-hydrogen) atoms. The summed E-state index contributed by atoms with van der Waals surface area (Å²) < 4.78 is 10.5. The van der Waals surface area contributed by atoms with Crippen LogP contribution in [0.3, 0.4) is 0 Å². The summed E-state index contributed by atoms with van der Waals surface area (Å²) in [6.45, 7) is 0. The maximum absolute atomic E-state index is 9.49. The van der Waals surface area contributed by atoms with E-state index in [-0.39, 0.29) is 5.75 Å². The van der Waals surface area contributed by atoms with Crippen LogP contribution in [0.15, 0.2) is 16.6 Å². The minimum atomic E-state index is 0.00868. The van der Waals surface area contributed by atoms with Gasteiger partial charge in [0.1, 0.15) is 0 Å². The standard InChI is InChI=1S/C8H9BrO3/c1-11-6-4-3-5(9)8(12-2)7(6)10/h3-4,10H,1-2H3. The van der Waals surface area contributed by atoms with Crippen LogP contribution in [0.4, 0.5) is 0 Å². The second kappa shape index (κ2) is 3.67. The quantitative estimate of drug-likeness (QED) is 0.850. The molecule has 0 amide bonds. The zero-order chi connectivity index (χ0) is 9.14. The van der Waals surface area contributed by atoms with E-state index in [0.717, 1.165) is 0 Å². The van der Waals surface area contributed by atoms with Gasteiger partial charge in [0.2, 0.25) is 5.75 Å². The fraction of sp³-hybridized carbons (Fsp3) is 0.250. The highest BCUT2D eigenvalue weighted by atomic mass is 79.9. The van der Waals surface area contributed by atoms with Gasteiger partial charge in [-0.15, -0.1) is 0 Å². The van der Waals surface area contributed by atoms with Crippen LogP contribution in [0.1, 0.15) is 0 Å². The first kappa shape index (κ1) is 9.19. The summed E-state index contributed by atoms with van der Waals surface area (Å²) in [6.07, 6.45) is 0. The lowest BCUT2D eigenvalue weighted by Gasteiger charge is -2.08. The van der Waals surface area contributed by atoms with E-state index < -0.39 is 0 Å². The Kier molecular flexibility index (Phi) is 2.81. The molecule has 0 atom stereocenters. The monoisotopic (exact) mass is 232 g/mol. The summed E-state index contributed by atoms with van der Waals surface area (Å²) >= 11 is 3.23. The number of aromatic hydroxyl groups is 1. The molecule has 0 saturated heterocycles. The van der Waals surface area contributed by atoms with E-state index >= 15 is 0 Å². The van der Waals surface area contributed by atoms with E-state index in [2.05, 4.69) is 15.9 Å². The van der Waals surface area contributed by atoms with Gasteiger partial charge in [-0.05, 0) is 28.1 Å². The SMILES string of the molecule is COc1ccc(Br)c(OC)c1O. The minimum absolute atomic E-state index is 0.00868. The average molecular weight is 233 g/mol. The summed E-state index contributed by atoms with van der Waals surface area (Å²) in [7, 11) is 2.97. The molecule has 0 spiro atoms. The Labute approximate surface area is 79.1 Å². The number of benzene rings is 1. The maximum atomic E-state index is 9.49. The predicted molar refractivity (Wildman–Crippen MR) is 48.9 cm³/mol. The Morgan fingerprint density at radius 2 is 1.92 bits per heavy atom. The van der Waals surface area contributed by atoms with E-state index in [1.165, 1.54) is 14.2 Å². The highest BCUT2D eigenvalue weighted by molar-refractivity contribution is 9.10. The highest BCUT2D eigenvalue weighted by Gasteiger charge is 2.11. The summed E-state index contributed by atoms with van der Waals surface area (Å²) in [5.41, 5.74) is 0. The van der Waals surface area contributed by atoms with Gasteiger partial charge in [-0.25, -0.2) is 0 Å². The Hall–Kier alpha value is -0.900. The van der Waals surface area contributed by atoms with E-state index in [1.54, 1.807) is 12.1 Å². The molecular weight excluding hydrogens is 224 g/mol. The average Bonchev–Trinajstić information content (AvgIpc) is 2.06. The van der Waals surface area contributed by atoms with Crippen LogP contribution in [0.5, 0.6) is 17.2 Å². The summed E-state index contributed by atoms with van der Waals surface area (Å²) in [5.74, 6) is 0.791. The molecule has 3 nitrogen and oxygen atoms in total. The fourth-order valence-corrected chi connectivity index (χ4v) is 1.37. The number of phenols is 1. The maximum Gasteiger partial charge on any atom is 0.201 e. The number of phenolic OH excluding ortho intramolecular Hbond substituents is 1. The molecule has 0 fully saturated rings. The van der Waals surface area contributed by atoms with Gasteiger partial charge in [-0.2, -0.15) is 0 Å². The lowest BCUT2D eigenvalue weighted by Crippen LogP contribution is -1.89. The van der Waals surface area contributed by atoms with Gasteiger partial charge in [0.05, 0.1) is 18.7 Å². The Morgan fingerprint density at radius 3 is 2.42 bits per heavy atom. The molecule has 1 N–H and O–H groups in total. The Morgan fingerprint density at radius 1 is 1.25 bits per heavy atom. The second-order valence-electron chi connectivity index (χ2n) is 2.13. The third-order valence-corrected chi connectivity index (χ3v) is 2.09. The van der Waals surface area contributed by atoms with Gasteiger partial charge < -0.3 is 14.6 Å². The van der Waals surface area contributed by atoms with Gasteiger partial charge in [0.15, 0.2) is 11.5 Å². The predicted octanol–water partition coefficient (Wildman–Crippen LogP) is 2.17. The number of methoxy groups -OCH3 is 2. The molecule has 1 rings (SSSR count). The number of ether oxygens (including phenoxy) is 2. The third kappa shape index (κ3) is 1.48. The van der Waals surface area contributed by atoms with E-state index in [0.29, 0.717) is 16.0 Å². The molecule has 66 valence electrons. The molecule has 0 bridgehead atoms. The summed E-state index contributed by atoms with van der Waals surface area (Å²) in [4.78, 5) is 0. The van der Waals surface area contributed by atoms with Crippen molar-refractivity contribution < 1.29 is 14.6 Å². The van der Waals surface area contributed by atoms with Gasteiger partial charge in [-0.1, -0.05) is 0 Å². The minimum Gasteiger partial charge on any atom is -0.502 e. The molecule has 1 aromatic carbocycles. The summed E-state index contributed by atoms with van der Waals surface area (Å²) in [5, 5.41) is 9.49. The van der Waals surface area contributed by atoms with Gasteiger partial charge >= 0.3 is 0 Å². The molecule has 0 aliphatic carbocycles. The van der Waals surface area contributed by atoms with Crippen LogP contribution < -0.4 is 9.47 Å².